The fourth-order valence-electron chi connectivity index (χ4n) is 3.61. The van der Waals surface area contributed by atoms with E-state index in [1.807, 2.05) is 18.2 Å². The maximum absolute atomic E-state index is 11.4. The third-order valence-corrected chi connectivity index (χ3v) is 5.28. The predicted molar refractivity (Wildman–Crippen MR) is 107 cm³/mol. The molecule has 1 saturated heterocycles. The summed E-state index contributed by atoms with van der Waals surface area (Å²) < 4.78 is 0. The average Bonchev–Trinajstić information content (AvgIpc) is 2.69. The zero-order valence-electron chi connectivity index (χ0n) is 15.9. The van der Waals surface area contributed by atoms with Crippen molar-refractivity contribution in [3.05, 3.63) is 64.3 Å². The summed E-state index contributed by atoms with van der Waals surface area (Å²) in [4.78, 5) is 19.9. The molecule has 7 heteroatoms. The number of anilines is 1. The van der Waals surface area contributed by atoms with Gasteiger partial charge in [-0.15, -0.1) is 0 Å². The molecule has 2 aromatic rings. The molecule has 0 bridgehead atoms. The summed E-state index contributed by atoms with van der Waals surface area (Å²) in [7, 11) is 4.30. The number of benzene rings is 1. The van der Waals surface area contributed by atoms with E-state index in [0.29, 0.717) is 11.9 Å². The molecule has 144 valence electrons. The SMILES string of the molecule is CN1CCC(N(C)C[C@H](Nc2ncccc2[N+](=O)[O-])c2ccccc2)CC1. The molecule has 1 aliphatic rings. The summed E-state index contributed by atoms with van der Waals surface area (Å²) in [6, 6.07) is 13.6. The summed E-state index contributed by atoms with van der Waals surface area (Å²) in [6.07, 6.45) is 3.86. The first kappa shape index (κ1) is 19.3. The zero-order chi connectivity index (χ0) is 19.2. The minimum absolute atomic E-state index is 0.000348. The topological polar surface area (TPSA) is 74.5 Å². The molecule has 1 fully saturated rings. The van der Waals surface area contributed by atoms with Crippen LogP contribution in [-0.2, 0) is 0 Å². The molecule has 27 heavy (non-hydrogen) atoms. The predicted octanol–water partition coefficient (Wildman–Crippen LogP) is 3.17. The van der Waals surface area contributed by atoms with Gasteiger partial charge in [0.1, 0.15) is 0 Å². The Balaban J connectivity index is 1.79. The van der Waals surface area contributed by atoms with Crippen molar-refractivity contribution in [2.75, 3.05) is 39.0 Å². The van der Waals surface area contributed by atoms with Crippen LogP contribution < -0.4 is 5.32 Å². The van der Waals surface area contributed by atoms with E-state index in [1.165, 1.54) is 6.07 Å². The van der Waals surface area contributed by atoms with Crippen molar-refractivity contribution in [1.82, 2.24) is 14.8 Å². The van der Waals surface area contributed by atoms with Gasteiger partial charge in [0.25, 0.3) is 0 Å². The molecule has 0 amide bonds. The number of nitrogens with one attached hydrogen (secondary N) is 1. The van der Waals surface area contributed by atoms with Crippen LogP contribution in [0.15, 0.2) is 48.7 Å². The second kappa shape index (κ2) is 8.92. The quantitative estimate of drug-likeness (QED) is 0.597. The number of hydrogen-bond acceptors (Lipinski definition) is 6. The minimum atomic E-state index is -0.391. The van der Waals surface area contributed by atoms with Gasteiger partial charge in [0, 0.05) is 24.8 Å². The van der Waals surface area contributed by atoms with Crippen molar-refractivity contribution in [3.8, 4) is 0 Å². The van der Waals surface area contributed by atoms with Crippen LogP contribution in [-0.4, -0.2) is 59.5 Å². The molecule has 0 spiro atoms. The number of nitrogens with zero attached hydrogens (tertiary/aromatic N) is 4. The smallest absolute Gasteiger partial charge is 0.311 e. The van der Waals surface area contributed by atoms with Gasteiger partial charge in [-0.05, 0) is 51.7 Å². The lowest BCUT2D eigenvalue weighted by atomic mass is 10.0. The van der Waals surface area contributed by atoms with Gasteiger partial charge in [0.05, 0.1) is 11.0 Å². The highest BCUT2D eigenvalue weighted by Crippen LogP contribution is 2.27. The Hall–Kier alpha value is -2.51. The fraction of sp³-hybridized carbons (Fsp3) is 0.450. The summed E-state index contributed by atoms with van der Waals surface area (Å²) in [5.41, 5.74) is 1.10. The van der Waals surface area contributed by atoms with Crippen molar-refractivity contribution < 1.29 is 4.92 Å². The maximum atomic E-state index is 11.4. The van der Waals surface area contributed by atoms with E-state index in [9.17, 15) is 10.1 Å². The van der Waals surface area contributed by atoms with Gasteiger partial charge in [-0.3, -0.25) is 10.1 Å². The van der Waals surface area contributed by atoms with E-state index in [2.05, 4.69) is 46.3 Å². The molecule has 0 radical (unpaired) electrons. The molecular formula is C20H27N5O2. The van der Waals surface area contributed by atoms with Crippen molar-refractivity contribution in [3.63, 3.8) is 0 Å². The van der Waals surface area contributed by atoms with Crippen LogP contribution in [0.5, 0.6) is 0 Å². The summed E-state index contributed by atoms with van der Waals surface area (Å²) in [6.45, 7) is 2.96. The van der Waals surface area contributed by atoms with Gasteiger partial charge < -0.3 is 15.1 Å². The second-order valence-corrected chi connectivity index (χ2v) is 7.21. The van der Waals surface area contributed by atoms with E-state index in [0.717, 1.165) is 38.0 Å². The molecule has 1 aromatic heterocycles. The summed E-state index contributed by atoms with van der Waals surface area (Å²) in [5.74, 6) is 0.313. The lowest BCUT2D eigenvalue weighted by molar-refractivity contribution is -0.384. The van der Waals surface area contributed by atoms with E-state index in [4.69, 9.17) is 0 Å². The van der Waals surface area contributed by atoms with E-state index >= 15 is 0 Å². The summed E-state index contributed by atoms with van der Waals surface area (Å²) >= 11 is 0. The van der Waals surface area contributed by atoms with Crippen LogP contribution in [0.4, 0.5) is 11.5 Å². The molecular weight excluding hydrogens is 342 g/mol. The highest BCUT2D eigenvalue weighted by atomic mass is 16.6. The van der Waals surface area contributed by atoms with E-state index in [1.54, 1.807) is 12.3 Å². The molecule has 0 aliphatic carbocycles. The van der Waals surface area contributed by atoms with Crippen molar-refractivity contribution in [2.24, 2.45) is 0 Å². The number of likely N-dealkylation sites (N-methyl/N-ethyl adjacent to an activating group) is 1. The molecule has 3 rings (SSSR count). The number of rotatable bonds is 7. The first-order valence-corrected chi connectivity index (χ1v) is 9.34. The highest BCUT2D eigenvalue weighted by molar-refractivity contribution is 5.56. The molecule has 0 saturated carbocycles. The van der Waals surface area contributed by atoms with Gasteiger partial charge in [-0.25, -0.2) is 4.98 Å². The number of piperidine rings is 1. The third-order valence-electron chi connectivity index (χ3n) is 5.28. The van der Waals surface area contributed by atoms with Crippen LogP contribution in [0.1, 0.15) is 24.4 Å². The van der Waals surface area contributed by atoms with Crippen LogP contribution in [0.25, 0.3) is 0 Å². The standard InChI is InChI=1S/C20H27N5O2/c1-23-13-10-17(11-14-23)24(2)15-18(16-7-4-3-5-8-16)22-20-19(25(26)27)9-6-12-21-20/h3-9,12,17-18H,10-11,13-15H2,1-2H3,(H,21,22)/t18-/m0/s1. The first-order valence-electron chi connectivity index (χ1n) is 9.34. The molecule has 1 N–H and O–H groups in total. The molecule has 1 aliphatic heterocycles. The number of hydrogen-bond donors (Lipinski definition) is 1. The fourth-order valence-corrected chi connectivity index (χ4v) is 3.61. The molecule has 7 nitrogen and oxygen atoms in total. The Morgan fingerprint density at radius 1 is 1.26 bits per heavy atom. The van der Waals surface area contributed by atoms with Crippen LogP contribution in [0.2, 0.25) is 0 Å². The van der Waals surface area contributed by atoms with Gasteiger partial charge in [-0.2, -0.15) is 0 Å². The molecule has 1 aromatic carbocycles. The Morgan fingerprint density at radius 2 is 1.96 bits per heavy atom. The Bertz CT molecular complexity index is 747. The maximum Gasteiger partial charge on any atom is 0.311 e. The van der Waals surface area contributed by atoms with Gasteiger partial charge in [-0.1, -0.05) is 30.3 Å². The number of nitro groups is 1. The number of likely N-dealkylation sites (tertiary alicyclic amines) is 1. The van der Waals surface area contributed by atoms with Gasteiger partial charge in [0.2, 0.25) is 5.82 Å². The lowest BCUT2D eigenvalue weighted by Crippen LogP contribution is -2.44. The monoisotopic (exact) mass is 369 g/mol. The van der Waals surface area contributed by atoms with E-state index < -0.39 is 4.92 Å². The summed E-state index contributed by atoms with van der Waals surface area (Å²) in [5, 5.41) is 14.7. The molecule has 0 unspecified atom stereocenters. The van der Waals surface area contributed by atoms with E-state index in [-0.39, 0.29) is 11.7 Å². The first-order chi connectivity index (χ1) is 13.0. The van der Waals surface area contributed by atoms with Crippen LogP contribution in [0, 0.1) is 10.1 Å². The third kappa shape index (κ3) is 5.02. The Kier molecular flexibility index (Phi) is 6.36. The van der Waals surface area contributed by atoms with Crippen LogP contribution in [0.3, 0.4) is 0 Å². The van der Waals surface area contributed by atoms with Crippen molar-refractivity contribution in [2.45, 2.75) is 24.9 Å². The minimum Gasteiger partial charge on any atom is -0.356 e. The highest BCUT2D eigenvalue weighted by Gasteiger charge is 2.25. The van der Waals surface area contributed by atoms with Gasteiger partial charge in [0.15, 0.2) is 0 Å². The number of pyridine rings is 1. The Morgan fingerprint density at radius 3 is 2.63 bits per heavy atom. The number of aromatic nitrogens is 1. The largest absolute Gasteiger partial charge is 0.356 e. The zero-order valence-corrected chi connectivity index (χ0v) is 15.9. The van der Waals surface area contributed by atoms with Crippen molar-refractivity contribution >= 4 is 11.5 Å². The Labute approximate surface area is 160 Å². The average molecular weight is 369 g/mol. The lowest BCUT2D eigenvalue weighted by Gasteiger charge is -2.37. The van der Waals surface area contributed by atoms with Gasteiger partial charge >= 0.3 is 5.69 Å². The molecule has 1 atom stereocenters. The second-order valence-electron chi connectivity index (χ2n) is 7.21. The molecule has 2 heterocycles. The normalized spacial score (nSPS) is 17.0. The van der Waals surface area contributed by atoms with Crippen molar-refractivity contribution in [1.29, 1.82) is 0 Å². The van der Waals surface area contributed by atoms with Crippen LogP contribution >= 0.6 is 0 Å².